The van der Waals surface area contributed by atoms with E-state index in [0.29, 0.717) is 6.04 Å². The molecule has 130 valence electrons. The van der Waals surface area contributed by atoms with Crippen LogP contribution in [0.3, 0.4) is 0 Å². The number of ether oxygens (including phenoxy) is 2. The van der Waals surface area contributed by atoms with E-state index < -0.39 is 0 Å². The number of aromatic nitrogens is 1. The molecule has 1 atom stereocenters. The zero-order valence-corrected chi connectivity index (χ0v) is 14.8. The molecule has 2 heterocycles. The topological polar surface area (TPSA) is 34.6 Å². The molecule has 1 aliphatic rings. The van der Waals surface area contributed by atoms with Crippen LogP contribution >= 0.6 is 0 Å². The first-order chi connectivity index (χ1) is 11.8. The van der Waals surface area contributed by atoms with Crippen molar-refractivity contribution in [3.05, 3.63) is 36.0 Å². The smallest absolute Gasteiger partial charge is 0.145 e. The predicted molar refractivity (Wildman–Crippen MR) is 97.5 cm³/mol. The number of hydrogen-bond acceptors (Lipinski definition) is 4. The van der Waals surface area contributed by atoms with Gasteiger partial charge in [-0.2, -0.15) is 0 Å². The first-order valence-corrected chi connectivity index (χ1v) is 8.97. The van der Waals surface area contributed by atoms with E-state index in [2.05, 4.69) is 23.1 Å². The van der Waals surface area contributed by atoms with E-state index in [1.54, 1.807) is 14.2 Å². The van der Waals surface area contributed by atoms with Gasteiger partial charge >= 0.3 is 0 Å². The Morgan fingerprint density at radius 2 is 2.08 bits per heavy atom. The molecule has 0 unspecified atom stereocenters. The van der Waals surface area contributed by atoms with Gasteiger partial charge in [0.1, 0.15) is 11.3 Å². The number of nitrogens with zero attached hydrogens (tertiary/aromatic N) is 2. The van der Waals surface area contributed by atoms with Crippen LogP contribution in [-0.4, -0.2) is 43.3 Å². The van der Waals surface area contributed by atoms with Crippen LogP contribution in [0.15, 0.2) is 30.3 Å². The summed E-state index contributed by atoms with van der Waals surface area (Å²) in [7, 11) is 3.49. The molecule has 0 amide bonds. The van der Waals surface area contributed by atoms with Gasteiger partial charge < -0.3 is 9.47 Å². The lowest BCUT2D eigenvalue weighted by Gasteiger charge is -2.35. The Morgan fingerprint density at radius 1 is 1.17 bits per heavy atom. The van der Waals surface area contributed by atoms with Crippen molar-refractivity contribution >= 4 is 10.9 Å². The number of pyridine rings is 1. The lowest BCUT2D eigenvalue weighted by molar-refractivity contribution is 0.115. The van der Waals surface area contributed by atoms with Crippen molar-refractivity contribution in [2.24, 2.45) is 0 Å². The number of benzene rings is 1. The van der Waals surface area contributed by atoms with Crippen molar-refractivity contribution in [1.29, 1.82) is 0 Å². The number of hydrogen-bond donors (Lipinski definition) is 0. The van der Waals surface area contributed by atoms with Crippen LogP contribution in [-0.2, 0) is 11.3 Å². The number of para-hydroxylation sites is 1. The van der Waals surface area contributed by atoms with Gasteiger partial charge in [-0.05, 0) is 44.4 Å². The molecule has 0 aliphatic carbocycles. The van der Waals surface area contributed by atoms with Crippen LogP contribution in [0.5, 0.6) is 5.75 Å². The van der Waals surface area contributed by atoms with Crippen LogP contribution in [0.2, 0.25) is 0 Å². The second-order valence-electron chi connectivity index (χ2n) is 6.59. The minimum Gasteiger partial charge on any atom is -0.494 e. The molecule has 4 heteroatoms. The van der Waals surface area contributed by atoms with E-state index in [1.165, 1.54) is 32.2 Å². The standard InChI is InChI=1S/C20H28N2O2/c1-23-14-6-9-18-8-3-4-13-22(18)15-17-12-11-16-7-5-10-19(24-2)20(16)21-17/h5,7,10-12,18H,3-4,6,8-9,13-15H2,1-2H3/t18-/m0/s1. The lowest BCUT2D eigenvalue weighted by atomic mass is 9.97. The molecule has 1 fully saturated rings. The van der Waals surface area contributed by atoms with Crippen molar-refractivity contribution in [3.63, 3.8) is 0 Å². The van der Waals surface area contributed by atoms with Crippen molar-refractivity contribution in [2.45, 2.75) is 44.7 Å². The highest BCUT2D eigenvalue weighted by atomic mass is 16.5. The third-order valence-electron chi connectivity index (χ3n) is 4.96. The Bertz CT molecular complexity index is 659. The molecule has 0 N–H and O–H groups in total. The molecule has 1 aliphatic heterocycles. The molecular formula is C20H28N2O2. The van der Waals surface area contributed by atoms with Crippen LogP contribution in [0.25, 0.3) is 10.9 Å². The molecule has 1 saturated heterocycles. The minimum absolute atomic E-state index is 0.657. The van der Waals surface area contributed by atoms with Crippen molar-refractivity contribution < 1.29 is 9.47 Å². The van der Waals surface area contributed by atoms with Crippen molar-refractivity contribution in [2.75, 3.05) is 27.4 Å². The Labute approximate surface area is 144 Å². The maximum absolute atomic E-state index is 5.47. The van der Waals surface area contributed by atoms with Gasteiger partial charge in [-0.15, -0.1) is 0 Å². The summed E-state index contributed by atoms with van der Waals surface area (Å²) in [4.78, 5) is 7.48. The van der Waals surface area contributed by atoms with E-state index in [4.69, 9.17) is 14.5 Å². The lowest BCUT2D eigenvalue weighted by Crippen LogP contribution is -2.39. The fourth-order valence-corrected chi connectivity index (χ4v) is 3.68. The monoisotopic (exact) mass is 328 g/mol. The summed E-state index contributed by atoms with van der Waals surface area (Å²) in [5, 5.41) is 1.13. The van der Waals surface area contributed by atoms with Crippen LogP contribution in [0, 0.1) is 0 Å². The summed E-state index contributed by atoms with van der Waals surface area (Å²) in [5.74, 6) is 0.852. The third-order valence-corrected chi connectivity index (χ3v) is 4.96. The molecule has 1 aromatic carbocycles. The second kappa shape index (κ2) is 8.45. The molecule has 4 nitrogen and oxygen atoms in total. The molecule has 1 aromatic heterocycles. The molecule has 3 rings (SSSR count). The zero-order valence-electron chi connectivity index (χ0n) is 14.8. The van der Waals surface area contributed by atoms with Crippen molar-refractivity contribution in [1.82, 2.24) is 9.88 Å². The van der Waals surface area contributed by atoms with Gasteiger partial charge in [0, 0.05) is 31.7 Å². The SMILES string of the molecule is COCCC[C@@H]1CCCCN1Cc1ccc2cccc(OC)c2n1. The number of fused-ring (bicyclic) bond motifs is 1. The fourth-order valence-electron chi connectivity index (χ4n) is 3.68. The maximum atomic E-state index is 5.47. The quantitative estimate of drug-likeness (QED) is 0.719. The van der Waals surface area contributed by atoms with Crippen LogP contribution in [0.4, 0.5) is 0 Å². The van der Waals surface area contributed by atoms with Gasteiger partial charge in [0.15, 0.2) is 0 Å². The molecule has 0 radical (unpaired) electrons. The number of piperidine rings is 1. The van der Waals surface area contributed by atoms with Gasteiger partial charge in [0.2, 0.25) is 0 Å². The summed E-state index contributed by atoms with van der Waals surface area (Å²) < 4.78 is 10.7. The molecular weight excluding hydrogens is 300 g/mol. The van der Waals surface area contributed by atoms with Gasteiger partial charge in [0.25, 0.3) is 0 Å². The van der Waals surface area contributed by atoms with E-state index in [9.17, 15) is 0 Å². The Balaban J connectivity index is 1.74. The number of methoxy groups -OCH3 is 2. The molecule has 0 bridgehead atoms. The van der Waals surface area contributed by atoms with Gasteiger partial charge in [-0.1, -0.05) is 24.6 Å². The number of likely N-dealkylation sites (tertiary alicyclic amines) is 1. The predicted octanol–water partition coefficient (Wildman–Crippen LogP) is 4.02. The average molecular weight is 328 g/mol. The van der Waals surface area contributed by atoms with Gasteiger partial charge in [0.05, 0.1) is 12.8 Å². The van der Waals surface area contributed by atoms with Crippen molar-refractivity contribution in [3.8, 4) is 5.75 Å². The molecule has 24 heavy (non-hydrogen) atoms. The number of rotatable bonds is 7. The minimum atomic E-state index is 0.657. The third kappa shape index (κ3) is 4.05. The molecule has 0 saturated carbocycles. The highest BCUT2D eigenvalue weighted by Crippen LogP contribution is 2.26. The highest BCUT2D eigenvalue weighted by Gasteiger charge is 2.22. The van der Waals surface area contributed by atoms with E-state index in [0.717, 1.165) is 41.9 Å². The Morgan fingerprint density at radius 3 is 2.92 bits per heavy atom. The van der Waals surface area contributed by atoms with E-state index in [-0.39, 0.29) is 0 Å². The van der Waals surface area contributed by atoms with Gasteiger partial charge in [-0.3, -0.25) is 4.90 Å². The average Bonchev–Trinajstić information content (AvgIpc) is 2.63. The first kappa shape index (κ1) is 17.2. The summed E-state index contributed by atoms with van der Waals surface area (Å²) in [5.41, 5.74) is 2.09. The summed E-state index contributed by atoms with van der Waals surface area (Å²) in [6.45, 7) is 2.95. The van der Waals surface area contributed by atoms with E-state index in [1.807, 2.05) is 12.1 Å². The molecule has 2 aromatic rings. The van der Waals surface area contributed by atoms with Crippen LogP contribution < -0.4 is 4.74 Å². The summed E-state index contributed by atoms with van der Waals surface area (Å²) >= 11 is 0. The largest absolute Gasteiger partial charge is 0.494 e. The highest BCUT2D eigenvalue weighted by molar-refractivity contribution is 5.84. The first-order valence-electron chi connectivity index (χ1n) is 8.97. The van der Waals surface area contributed by atoms with Gasteiger partial charge in [-0.25, -0.2) is 4.98 Å². The summed E-state index contributed by atoms with van der Waals surface area (Å²) in [6, 6.07) is 11.0. The molecule has 0 spiro atoms. The zero-order chi connectivity index (χ0) is 16.8. The summed E-state index contributed by atoms with van der Waals surface area (Å²) in [6.07, 6.45) is 6.27. The maximum Gasteiger partial charge on any atom is 0.145 e. The second-order valence-corrected chi connectivity index (χ2v) is 6.59. The Hall–Kier alpha value is -1.65. The van der Waals surface area contributed by atoms with E-state index >= 15 is 0 Å². The normalized spacial score (nSPS) is 18.8. The fraction of sp³-hybridized carbons (Fsp3) is 0.550. The van der Waals surface area contributed by atoms with Crippen LogP contribution in [0.1, 0.15) is 37.8 Å². The Kier molecular flexibility index (Phi) is 6.05.